The van der Waals surface area contributed by atoms with Gasteiger partial charge in [0.25, 0.3) is 0 Å². The van der Waals surface area contributed by atoms with Crippen LogP contribution in [0.5, 0.6) is 0 Å². The van der Waals surface area contributed by atoms with Gasteiger partial charge in [-0.25, -0.2) is 22.2 Å². The molecular weight excluding hydrogens is 508 g/mol. The van der Waals surface area contributed by atoms with Crippen molar-refractivity contribution < 1.29 is 26.0 Å². The minimum atomic E-state index is -4.69. The molecule has 2 aliphatic rings. The van der Waals surface area contributed by atoms with Gasteiger partial charge in [-0.15, -0.1) is 10.2 Å². The van der Waals surface area contributed by atoms with Crippen LogP contribution < -0.4 is 10.0 Å². The summed E-state index contributed by atoms with van der Waals surface area (Å²) < 4.78 is 85.4. The summed E-state index contributed by atoms with van der Waals surface area (Å²) in [5.41, 5.74) is 0.121. The Hall–Kier alpha value is -2.42. The maximum Gasteiger partial charge on any atom is 0.445 e. The van der Waals surface area contributed by atoms with Crippen LogP contribution in [0.3, 0.4) is 0 Å². The Morgan fingerprint density at radius 2 is 1.97 bits per heavy atom. The van der Waals surface area contributed by atoms with E-state index in [0.717, 1.165) is 10.7 Å². The summed E-state index contributed by atoms with van der Waals surface area (Å²) in [5.74, 6) is -0.922. The van der Waals surface area contributed by atoms with Gasteiger partial charge in [0, 0.05) is 28.6 Å². The molecule has 3 heterocycles. The number of nitrogens with one attached hydrogen (secondary N) is 2. The SMILES string of the molecule is CC1C=C(c2c(F)c(S(=O)(=O)NC3(C)CC3)cc3c2cnn3-c2nnc(C(F)(F)F)s2)CC(C)N1. The highest BCUT2D eigenvalue weighted by Gasteiger charge is 2.42. The molecule has 0 saturated heterocycles. The van der Waals surface area contributed by atoms with Gasteiger partial charge in [0.1, 0.15) is 4.90 Å². The van der Waals surface area contributed by atoms with E-state index in [2.05, 4.69) is 25.3 Å². The van der Waals surface area contributed by atoms with Crippen LogP contribution in [0.25, 0.3) is 21.6 Å². The third kappa shape index (κ3) is 4.47. The van der Waals surface area contributed by atoms with Gasteiger partial charge in [-0.3, -0.25) is 0 Å². The first kappa shape index (κ1) is 24.3. The molecule has 2 aromatic heterocycles. The molecule has 188 valence electrons. The lowest BCUT2D eigenvalue weighted by Gasteiger charge is -2.27. The van der Waals surface area contributed by atoms with Crippen LogP contribution in [0.15, 0.2) is 23.2 Å². The fraction of sp³-hybridized carbons (Fsp3) is 0.476. The summed E-state index contributed by atoms with van der Waals surface area (Å²) >= 11 is 0.262. The molecule has 35 heavy (non-hydrogen) atoms. The van der Waals surface area contributed by atoms with Crippen LogP contribution in [-0.2, 0) is 16.2 Å². The van der Waals surface area contributed by atoms with Crippen LogP contribution >= 0.6 is 11.3 Å². The van der Waals surface area contributed by atoms with Crippen molar-refractivity contribution in [2.45, 2.75) is 68.7 Å². The number of alkyl halides is 3. The van der Waals surface area contributed by atoms with Gasteiger partial charge >= 0.3 is 6.18 Å². The Kier molecular flexibility index (Phi) is 5.58. The van der Waals surface area contributed by atoms with E-state index < -0.39 is 37.5 Å². The minimum absolute atomic E-state index is 0.00392. The van der Waals surface area contributed by atoms with Crippen molar-refractivity contribution in [2.24, 2.45) is 0 Å². The monoisotopic (exact) mass is 530 g/mol. The standard InChI is InChI=1S/C21H22F4N6O2S2/c1-10-6-12(7-11(2)27-10)16-13-9-26-31(19-29-28-18(34-19)21(23,24)25)14(13)8-15(17(16)22)35(32,33)30-20(3)4-5-20/h6,8-11,27,30H,4-5,7H2,1-3H3. The zero-order valence-corrected chi connectivity index (χ0v) is 20.6. The highest BCUT2D eigenvalue weighted by molar-refractivity contribution is 7.89. The Morgan fingerprint density at radius 1 is 1.26 bits per heavy atom. The first-order chi connectivity index (χ1) is 16.3. The van der Waals surface area contributed by atoms with Crippen molar-refractivity contribution in [1.29, 1.82) is 0 Å². The minimum Gasteiger partial charge on any atom is -0.308 e. The second-order valence-electron chi connectivity index (χ2n) is 9.36. The van der Waals surface area contributed by atoms with E-state index in [1.54, 1.807) is 6.92 Å². The third-order valence-corrected chi connectivity index (χ3v) is 8.71. The molecule has 3 aromatic rings. The predicted molar refractivity (Wildman–Crippen MR) is 122 cm³/mol. The molecule has 1 fully saturated rings. The number of halogens is 4. The molecule has 8 nitrogen and oxygen atoms in total. The van der Waals surface area contributed by atoms with E-state index in [-0.39, 0.29) is 45.0 Å². The fourth-order valence-corrected chi connectivity index (χ4v) is 6.56. The summed E-state index contributed by atoms with van der Waals surface area (Å²) in [6, 6.07) is 0.994. The van der Waals surface area contributed by atoms with Crippen molar-refractivity contribution in [3.05, 3.63) is 34.7 Å². The average molecular weight is 531 g/mol. The molecule has 2 unspecified atom stereocenters. The maximum atomic E-state index is 16.0. The van der Waals surface area contributed by atoms with Gasteiger partial charge in [0.05, 0.1) is 11.7 Å². The summed E-state index contributed by atoms with van der Waals surface area (Å²) in [5, 5.41) is 13.1. The van der Waals surface area contributed by atoms with E-state index in [0.29, 0.717) is 24.8 Å². The topological polar surface area (TPSA) is 102 Å². The van der Waals surface area contributed by atoms with Gasteiger partial charge in [-0.2, -0.15) is 18.3 Å². The van der Waals surface area contributed by atoms with Gasteiger partial charge in [0.2, 0.25) is 20.2 Å². The summed E-state index contributed by atoms with van der Waals surface area (Å²) in [6.45, 7) is 5.55. The quantitative estimate of drug-likeness (QED) is 0.484. The number of hydrogen-bond donors (Lipinski definition) is 2. The molecule has 0 amide bonds. The molecule has 1 aliphatic heterocycles. The van der Waals surface area contributed by atoms with E-state index >= 15 is 4.39 Å². The van der Waals surface area contributed by atoms with Crippen molar-refractivity contribution in [3.8, 4) is 5.13 Å². The van der Waals surface area contributed by atoms with Crippen molar-refractivity contribution in [1.82, 2.24) is 30.0 Å². The summed E-state index contributed by atoms with van der Waals surface area (Å²) in [4.78, 5) is -0.588. The van der Waals surface area contributed by atoms with Crippen LogP contribution in [0.2, 0.25) is 0 Å². The Morgan fingerprint density at radius 3 is 2.57 bits per heavy atom. The molecule has 5 rings (SSSR count). The Labute approximate surface area is 202 Å². The molecule has 14 heteroatoms. The van der Waals surface area contributed by atoms with E-state index in [9.17, 15) is 21.6 Å². The second-order valence-corrected chi connectivity index (χ2v) is 12.0. The predicted octanol–water partition coefficient (Wildman–Crippen LogP) is 4.02. The molecule has 1 aromatic carbocycles. The molecule has 2 atom stereocenters. The largest absolute Gasteiger partial charge is 0.445 e. The smallest absolute Gasteiger partial charge is 0.308 e. The zero-order valence-electron chi connectivity index (χ0n) is 18.9. The van der Waals surface area contributed by atoms with E-state index in [1.807, 2.05) is 19.9 Å². The lowest BCUT2D eigenvalue weighted by Crippen LogP contribution is -2.37. The summed E-state index contributed by atoms with van der Waals surface area (Å²) in [7, 11) is -4.28. The van der Waals surface area contributed by atoms with Gasteiger partial charge in [-0.1, -0.05) is 17.4 Å². The second kappa shape index (κ2) is 8.05. The number of fused-ring (bicyclic) bond motifs is 1. The highest BCUT2D eigenvalue weighted by Crippen LogP contribution is 2.40. The first-order valence-electron chi connectivity index (χ1n) is 10.9. The van der Waals surface area contributed by atoms with Crippen molar-refractivity contribution in [2.75, 3.05) is 0 Å². The lowest BCUT2D eigenvalue weighted by molar-refractivity contribution is -0.138. The first-order valence-corrected chi connectivity index (χ1v) is 13.2. The molecule has 1 aliphatic carbocycles. The average Bonchev–Trinajstić information content (AvgIpc) is 3.13. The normalized spacial score (nSPS) is 22.4. The Balaban J connectivity index is 1.75. The number of benzene rings is 1. The van der Waals surface area contributed by atoms with Crippen LogP contribution in [-0.4, -0.2) is 46.0 Å². The number of aromatic nitrogens is 4. The number of sulfonamides is 1. The highest BCUT2D eigenvalue weighted by atomic mass is 32.2. The Bertz CT molecular complexity index is 1460. The van der Waals surface area contributed by atoms with Crippen molar-refractivity contribution in [3.63, 3.8) is 0 Å². The molecule has 0 spiro atoms. The fourth-order valence-electron chi connectivity index (χ4n) is 4.31. The van der Waals surface area contributed by atoms with Gasteiger partial charge in [-0.05, 0) is 51.7 Å². The van der Waals surface area contributed by atoms with E-state index in [1.165, 1.54) is 6.20 Å². The summed E-state index contributed by atoms with van der Waals surface area (Å²) in [6.07, 6.45) is 0.101. The molecule has 1 saturated carbocycles. The number of hydrogen-bond acceptors (Lipinski definition) is 7. The lowest BCUT2D eigenvalue weighted by atomic mass is 9.91. The molecule has 2 N–H and O–H groups in total. The molecular formula is C21H22F4N6O2S2. The zero-order chi connectivity index (χ0) is 25.3. The number of rotatable bonds is 5. The van der Waals surface area contributed by atoms with Gasteiger partial charge in [0.15, 0.2) is 5.82 Å². The maximum absolute atomic E-state index is 16.0. The van der Waals surface area contributed by atoms with Crippen LogP contribution in [0.1, 0.15) is 50.6 Å². The molecule has 0 bridgehead atoms. The van der Waals surface area contributed by atoms with Crippen LogP contribution in [0.4, 0.5) is 17.6 Å². The van der Waals surface area contributed by atoms with Crippen LogP contribution in [0, 0.1) is 5.82 Å². The van der Waals surface area contributed by atoms with Gasteiger partial charge < -0.3 is 5.32 Å². The number of nitrogens with zero attached hydrogens (tertiary/aromatic N) is 4. The molecule has 0 radical (unpaired) electrons. The van der Waals surface area contributed by atoms with Crippen molar-refractivity contribution >= 4 is 37.8 Å². The van der Waals surface area contributed by atoms with E-state index in [4.69, 9.17) is 0 Å². The third-order valence-electron chi connectivity index (χ3n) is 6.13.